The Kier molecular flexibility index (Phi) is 3.27. The Morgan fingerprint density at radius 2 is 1.92 bits per heavy atom. The molecule has 3 aromatic rings. The van der Waals surface area contributed by atoms with Crippen LogP contribution in [0.5, 0.6) is 0 Å². The number of allylic oxidation sites excluding steroid dienone is 1. The second-order valence-electron chi connectivity index (χ2n) is 6.77. The summed E-state index contributed by atoms with van der Waals surface area (Å²) in [5.41, 5.74) is 7.51. The third-order valence-corrected chi connectivity index (χ3v) is 4.77. The van der Waals surface area contributed by atoms with Gasteiger partial charge in [0.15, 0.2) is 11.8 Å². The van der Waals surface area contributed by atoms with Crippen molar-refractivity contribution in [2.24, 2.45) is 7.05 Å². The lowest BCUT2D eigenvalue weighted by Crippen LogP contribution is -2.65. The number of nitrogens with zero attached hydrogens (tertiary/aromatic N) is 3. The minimum Gasteiger partial charge on any atom is -0.449 e. The fourth-order valence-corrected chi connectivity index (χ4v) is 3.70. The van der Waals surface area contributed by atoms with Crippen molar-refractivity contribution in [1.82, 2.24) is 9.79 Å². The maximum atomic E-state index is 6.26. The molecule has 0 N–H and O–H groups in total. The number of aromatic nitrogens is 2. The van der Waals surface area contributed by atoms with E-state index in [1.54, 1.807) is 0 Å². The summed E-state index contributed by atoms with van der Waals surface area (Å²) in [5, 5.41) is 1.09. The molecule has 0 amide bonds. The van der Waals surface area contributed by atoms with Gasteiger partial charge in [0.25, 0.3) is 0 Å². The standard InChI is InChI=1S/C19H21BN3O/c1-12-6-9-16(22(4)10-12)20-18-17(13(2)11-23(20)5)15-8-7-14(3)21-19(15)24-18/h6-11H,1-5H3/q+1. The first-order valence-electron chi connectivity index (χ1n) is 8.22. The molecular weight excluding hydrogens is 297 g/mol. The average molecular weight is 318 g/mol. The first-order valence-corrected chi connectivity index (χ1v) is 8.22. The van der Waals surface area contributed by atoms with Crippen LogP contribution in [-0.2, 0) is 7.05 Å². The van der Waals surface area contributed by atoms with Crippen LogP contribution in [0.3, 0.4) is 0 Å². The first kappa shape index (κ1) is 15.0. The summed E-state index contributed by atoms with van der Waals surface area (Å²) in [6.07, 6.45) is 4.35. The molecule has 0 aromatic carbocycles. The van der Waals surface area contributed by atoms with Gasteiger partial charge in [0.05, 0.1) is 0 Å². The van der Waals surface area contributed by atoms with Crippen LogP contribution >= 0.6 is 0 Å². The molecule has 3 aromatic heterocycles. The molecule has 1 aliphatic rings. The minimum atomic E-state index is 0.0452. The Labute approximate surface area is 142 Å². The lowest BCUT2D eigenvalue weighted by atomic mass is 9.52. The topological polar surface area (TPSA) is 33.2 Å². The molecule has 4 heterocycles. The van der Waals surface area contributed by atoms with Crippen LogP contribution < -0.4 is 15.8 Å². The molecular formula is C19H21BN3O+. The van der Waals surface area contributed by atoms with E-state index in [9.17, 15) is 0 Å². The van der Waals surface area contributed by atoms with E-state index in [1.807, 2.05) is 13.0 Å². The van der Waals surface area contributed by atoms with Gasteiger partial charge < -0.3 is 9.23 Å². The Balaban J connectivity index is 1.99. The number of fused-ring (bicyclic) bond motifs is 3. The smallest absolute Gasteiger partial charge is 0.443 e. The molecule has 0 aliphatic carbocycles. The van der Waals surface area contributed by atoms with Crippen molar-refractivity contribution in [3.8, 4) is 0 Å². The second-order valence-corrected chi connectivity index (χ2v) is 6.77. The van der Waals surface area contributed by atoms with Gasteiger partial charge in [-0.1, -0.05) is 0 Å². The van der Waals surface area contributed by atoms with Gasteiger partial charge in [0, 0.05) is 22.2 Å². The van der Waals surface area contributed by atoms with E-state index >= 15 is 0 Å². The summed E-state index contributed by atoms with van der Waals surface area (Å²) in [6.45, 7) is 6.28. The zero-order chi connectivity index (χ0) is 17.0. The Hall–Kier alpha value is -2.56. The Morgan fingerprint density at radius 1 is 1.12 bits per heavy atom. The molecule has 0 saturated heterocycles. The van der Waals surface area contributed by atoms with Crippen LogP contribution in [0.2, 0.25) is 0 Å². The highest BCUT2D eigenvalue weighted by molar-refractivity contribution is 6.82. The monoisotopic (exact) mass is 318 g/mol. The van der Waals surface area contributed by atoms with E-state index in [0.29, 0.717) is 0 Å². The van der Waals surface area contributed by atoms with Gasteiger partial charge in [-0.2, -0.15) is 0 Å². The van der Waals surface area contributed by atoms with Crippen LogP contribution in [0, 0.1) is 13.8 Å². The summed E-state index contributed by atoms with van der Waals surface area (Å²) in [5.74, 6) is 0. The Bertz CT molecular complexity index is 990. The minimum absolute atomic E-state index is 0.0452. The van der Waals surface area contributed by atoms with Gasteiger partial charge in [-0.15, -0.1) is 0 Å². The van der Waals surface area contributed by atoms with Crippen LogP contribution in [0.1, 0.15) is 23.7 Å². The molecule has 24 heavy (non-hydrogen) atoms. The molecule has 0 unspecified atom stereocenters. The molecule has 0 atom stereocenters. The van der Waals surface area contributed by atoms with Crippen molar-refractivity contribution in [2.75, 3.05) is 7.05 Å². The van der Waals surface area contributed by atoms with Crippen molar-refractivity contribution >= 4 is 34.8 Å². The summed E-state index contributed by atoms with van der Waals surface area (Å²) in [7, 11) is 4.19. The van der Waals surface area contributed by atoms with Gasteiger partial charge in [0.1, 0.15) is 12.7 Å². The molecule has 1 aliphatic heterocycles. The SMILES string of the molecule is CC1=CN(C)B(c2ccc(C)c[n+]2C)c2oc3nc(C)ccc3c21. The quantitative estimate of drug-likeness (QED) is 0.506. The normalized spacial score (nSPS) is 14.1. The molecule has 120 valence electrons. The number of aryl methyl sites for hydroxylation is 3. The van der Waals surface area contributed by atoms with Gasteiger partial charge in [-0.3, -0.25) is 0 Å². The van der Waals surface area contributed by atoms with Gasteiger partial charge in [-0.25, -0.2) is 9.55 Å². The van der Waals surface area contributed by atoms with E-state index in [1.165, 1.54) is 22.3 Å². The van der Waals surface area contributed by atoms with Crippen molar-refractivity contribution in [2.45, 2.75) is 20.8 Å². The third kappa shape index (κ3) is 2.15. The fraction of sp³-hybridized carbons (Fsp3) is 0.263. The maximum Gasteiger partial charge on any atom is 0.443 e. The predicted molar refractivity (Wildman–Crippen MR) is 97.5 cm³/mol. The van der Waals surface area contributed by atoms with E-state index in [-0.39, 0.29) is 6.85 Å². The van der Waals surface area contributed by atoms with E-state index in [0.717, 1.165) is 22.5 Å². The maximum absolute atomic E-state index is 6.26. The predicted octanol–water partition coefficient (Wildman–Crippen LogP) is 1.68. The highest BCUT2D eigenvalue weighted by Crippen LogP contribution is 2.28. The number of hydrogen-bond acceptors (Lipinski definition) is 3. The van der Waals surface area contributed by atoms with Crippen molar-refractivity contribution in [3.05, 3.63) is 53.5 Å². The summed E-state index contributed by atoms with van der Waals surface area (Å²) < 4.78 is 8.44. The lowest BCUT2D eigenvalue weighted by molar-refractivity contribution is -0.654. The lowest BCUT2D eigenvalue weighted by Gasteiger charge is -2.26. The first-order chi connectivity index (χ1) is 11.5. The zero-order valence-electron chi connectivity index (χ0n) is 14.8. The van der Waals surface area contributed by atoms with Crippen LogP contribution in [0.15, 0.2) is 41.1 Å². The molecule has 0 spiro atoms. The van der Waals surface area contributed by atoms with Crippen molar-refractivity contribution in [1.29, 1.82) is 0 Å². The highest BCUT2D eigenvalue weighted by Gasteiger charge is 2.41. The molecule has 5 heteroatoms. The van der Waals surface area contributed by atoms with Crippen LogP contribution in [0.25, 0.3) is 16.7 Å². The summed E-state index contributed by atoms with van der Waals surface area (Å²) in [6, 6.07) is 8.50. The summed E-state index contributed by atoms with van der Waals surface area (Å²) in [4.78, 5) is 6.81. The highest BCUT2D eigenvalue weighted by atomic mass is 16.3. The molecule has 4 nitrogen and oxygen atoms in total. The number of pyridine rings is 2. The molecule has 0 bridgehead atoms. The van der Waals surface area contributed by atoms with Crippen molar-refractivity contribution in [3.63, 3.8) is 0 Å². The van der Waals surface area contributed by atoms with Crippen molar-refractivity contribution < 1.29 is 8.98 Å². The largest absolute Gasteiger partial charge is 0.449 e. The van der Waals surface area contributed by atoms with Crippen LogP contribution in [-0.4, -0.2) is 23.7 Å². The zero-order valence-corrected chi connectivity index (χ0v) is 14.8. The van der Waals surface area contributed by atoms with Gasteiger partial charge >= 0.3 is 6.85 Å². The third-order valence-electron chi connectivity index (χ3n) is 4.77. The fourth-order valence-electron chi connectivity index (χ4n) is 3.70. The van der Waals surface area contributed by atoms with E-state index in [2.05, 4.69) is 72.9 Å². The van der Waals surface area contributed by atoms with Gasteiger partial charge in [-0.05, 0) is 63.9 Å². The molecule has 4 rings (SSSR count). The number of furan rings is 1. The molecule has 0 saturated carbocycles. The number of hydrogen-bond donors (Lipinski definition) is 0. The van der Waals surface area contributed by atoms with Crippen LogP contribution in [0.4, 0.5) is 0 Å². The summed E-state index contributed by atoms with van der Waals surface area (Å²) >= 11 is 0. The van der Waals surface area contributed by atoms with E-state index < -0.39 is 0 Å². The molecule has 0 radical (unpaired) electrons. The second kappa shape index (κ2) is 5.23. The molecule has 0 fully saturated rings. The van der Waals surface area contributed by atoms with Gasteiger partial charge in [0.2, 0.25) is 5.71 Å². The Morgan fingerprint density at radius 3 is 2.67 bits per heavy atom. The number of rotatable bonds is 1. The van der Waals surface area contributed by atoms with E-state index in [4.69, 9.17) is 4.42 Å². The average Bonchev–Trinajstić information content (AvgIpc) is 2.87.